The SMILES string of the molecule is N#Cc1c(SCC(=O)NCc2ccc(Cl)cc2)sc2c(=O)[nH]c(=O)[nH]c12. The molecule has 10 heteroatoms. The molecule has 0 aliphatic carbocycles. The minimum Gasteiger partial charge on any atom is -0.351 e. The summed E-state index contributed by atoms with van der Waals surface area (Å²) in [6.07, 6.45) is 0. The molecule has 0 aliphatic rings. The quantitative estimate of drug-likeness (QED) is 0.561. The lowest BCUT2D eigenvalue weighted by molar-refractivity contribution is -0.118. The second-order valence-electron chi connectivity index (χ2n) is 5.18. The lowest BCUT2D eigenvalue weighted by Gasteiger charge is -2.05. The van der Waals surface area contributed by atoms with Crippen LogP contribution >= 0.6 is 34.7 Å². The van der Waals surface area contributed by atoms with Gasteiger partial charge in [0.05, 0.1) is 15.5 Å². The Balaban J connectivity index is 1.69. The first kappa shape index (κ1) is 18.3. The Morgan fingerprint density at radius 1 is 1.27 bits per heavy atom. The number of nitriles is 1. The van der Waals surface area contributed by atoms with E-state index in [4.69, 9.17) is 11.6 Å². The number of amides is 1. The fourth-order valence-electron chi connectivity index (χ4n) is 2.18. The van der Waals surface area contributed by atoms with E-state index >= 15 is 0 Å². The first-order valence-corrected chi connectivity index (χ1v) is 9.49. The number of fused-ring (bicyclic) bond motifs is 1. The molecule has 7 nitrogen and oxygen atoms in total. The molecule has 3 rings (SSSR count). The molecular weight excluding hydrogens is 396 g/mol. The summed E-state index contributed by atoms with van der Waals surface area (Å²) in [6.45, 7) is 0.362. The Kier molecular flexibility index (Phi) is 5.46. The maximum absolute atomic E-state index is 12.0. The number of carbonyl (C=O) groups is 1. The van der Waals surface area contributed by atoms with Gasteiger partial charge in [-0.1, -0.05) is 23.7 Å². The van der Waals surface area contributed by atoms with Crippen LogP contribution in [0.15, 0.2) is 38.1 Å². The molecule has 0 atom stereocenters. The molecule has 3 N–H and O–H groups in total. The van der Waals surface area contributed by atoms with Crippen LogP contribution in [0.5, 0.6) is 0 Å². The normalized spacial score (nSPS) is 10.6. The molecule has 0 fully saturated rings. The molecule has 0 radical (unpaired) electrons. The van der Waals surface area contributed by atoms with E-state index in [-0.39, 0.29) is 27.4 Å². The molecular formula is C16H11ClN4O3S2. The smallest absolute Gasteiger partial charge is 0.326 e. The highest BCUT2D eigenvalue weighted by Gasteiger charge is 2.17. The maximum Gasteiger partial charge on any atom is 0.326 e. The van der Waals surface area contributed by atoms with E-state index in [9.17, 15) is 19.6 Å². The average molecular weight is 407 g/mol. The predicted octanol–water partition coefficient (Wildman–Crippen LogP) is 2.21. The molecule has 0 bridgehead atoms. The maximum atomic E-state index is 12.0. The van der Waals surface area contributed by atoms with Gasteiger partial charge >= 0.3 is 5.69 Å². The highest BCUT2D eigenvalue weighted by molar-refractivity contribution is 8.02. The lowest BCUT2D eigenvalue weighted by atomic mass is 10.2. The monoisotopic (exact) mass is 406 g/mol. The topological polar surface area (TPSA) is 119 Å². The van der Waals surface area contributed by atoms with E-state index in [0.29, 0.717) is 15.8 Å². The molecule has 1 aromatic carbocycles. The fraction of sp³-hybridized carbons (Fsp3) is 0.125. The number of nitrogens with one attached hydrogen (secondary N) is 3. The second kappa shape index (κ2) is 7.78. The molecule has 2 heterocycles. The molecule has 132 valence electrons. The number of rotatable bonds is 5. The van der Waals surface area contributed by atoms with E-state index in [1.54, 1.807) is 12.1 Å². The van der Waals surface area contributed by atoms with E-state index in [1.807, 2.05) is 18.2 Å². The van der Waals surface area contributed by atoms with Crippen LogP contribution in [0.4, 0.5) is 0 Å². The third-order valence-corrected chi connectivity index (χ3v) is 6.11. The number of carbonyl (C=O) groups excluding carboxylic acids is 1. The molecule has 0 saturated heterocycles. The van der Waals surface area contributed by atoms with Crippen LogP contribution < -0.4 is 16.6 Å². The van der Waals surface area contributed by atoms with Crippen LogP contribution in [-0.4, -0.2) is 21.6 Å². The number of hydrogen-bond acceptors (Lipinski definition) is 6. The number of halogens is 1. The van der Waals surface area contributed by atoms with Crippen molar-refractivity contribution in [2.45, 2.75) is 10.8 Å². The molecule has 0 unspecified atom stereocenters. The Morgan fingerprint density at radius 2 is 2.00 bits per heavy atom. The third-order valence-electron chi connectivity index (χ3n) is 3.40. The summed E-state index contributed by atoms with van der Waals surface area (Å²) in [5, 5.41) is 12.7. The van der Waals surface area contributed by atoms with Crippen LogP contribution in [0, 0.1) is 11.3 Å². The summed E-state index contributed by atoms with van der Waals surface area (Å²) in [4.78, 5) is 39.8. The van der Waals surface area contributed by atoms with Crippen LogP contribution in [0.1, 0.15) is 11.1 Å². The molecule has 3 aromatic rings. The summed E-state index contributed by atoms with van der Waals surface area (Å²) >= 11 is 8.03. The zero-order valence-corrected chi connectivity index (χ0v) is 15.5. The summed E-state index contributed by atoms with van der Waals surface area (Å²) in [5.74, 6) is -0.134. The Labute approximate surface area is 160 Å². The Morgan fingerprint density at radius 3 is 2.69 bits per heavy atom. The predicted molar refractivity (Wildman–Crippen MR) is 102 cm³/mol. The van der Waals surface area contributed by atoms with Crippen LogP contribution in [-0.2, 0) is 11.3 Å². The van der Waals surface area contributed by atoms with Gasteiger partial charge in [-0.3, -0.25) is 14.6 Å². The molecule has 0 saturated carbocycles. The van der Waals surface area contributed by atoms with Crippen LogP contribution in [0.3, 0.4) is 0 Å². The van der Waals surface area contributed by atoms with Crippen molar-refractivity contribution in [3.8, 4) is 6.07 Å². The first-order chi connectivity index (χ1) is 12.5. The lowest BCUT2D eigenvalue weighted by Crippen LogP contribution is -2.24. The van der Waals surface area contributed by atoms with Crippen molar-refractivity contribution < 1.29 is 4.79 Å². The van der Waals surface area contributed by atoms with Crippen molar-refractivity contribution in [1.29, 1.82) is 5.26 Å². The van der Waals surface area contributed by atoms with Crippen LogP contribution in [0.25, 0.3) is 10.2 Å². The van der Waals surface area contributed by atoms with Gasteiger partial charge in [0.2, 0.25) is 5.91 Å². The minimum atomic E-state index is -0.672. The molecule has 2 aromatic heterocycles. The van der Waals surface area contributed by atoms with E-state index in [2.05, 4.69) is 15.3 Å². The average Bonchev–Trinajstić information content (AvgIpc) is 2.97. The summed E-state index contributed by atoms with van der Waals surface area (Å²) in [6, 6.07) is 9.10. The van der Waals surface area contributed by atoms with Crippen molar-refractivity contribution in [2.75, 3.05) is 5.75 Å². The number of nitrogens with zero attached hydrogens (tertiary/aromatic N) is 1. The number of benzene rings is 1. The van der Waals surface area contributed by atoms with Crippen LogP contribution in [0.2, 0.25) is 5.02 Å². The largest absolute Gasteiger partial charge is 0.351 e. The summed E-state index contributed by atoms with van der Waals surface area (Å²) in [5.41, 5.74) is 0.0915. The van der Waals surface area contributed by atoms with Gasteiger partial charge in [-0.25, -0.2) is 4.79 Å². The number of hydrogen-bond donors (Lipinski definition) is 3. The molecule has 0 aliphatic heterocycles. The number of aromatic amines is 2. The van der Waals surface area contributed by atoms with Gasteiger partial charge in [-0.05, 0) is 17.7 Å². The molecule has 26 heavy (non-hydrogen) atoms. The van der Waals surface area contributed by atoms with Gasteiger partial charge in [-0.2, -0.15) is 5.26 Å². The number of thiophene rings is 1. The zero-order valence-electron chi connectivity index (χ0n) is 13.1. The minimum absolute atomic E-state index is 0.0806. The van der Waals surface area contributed by atoms with Crippen molar-refractivity contribution in [2.24, 2.45) is 0 Å². The number of aromatic nitrogens is 2. The van der Waals surface area contributed by atoms with Crippen molar-refractivity contribution in [1.82, 2.24) is 15.3 Å². The third kappa shape index (κ3) is 3.99. The van der Waals surface area contributed by atoms with Gasteiger partial charge in [0, 0.05) is 11.6 Å². The standard InChI is InChI=1S/C16H11ClN4O3S2/c17-9-3-1-8(2-4-9)6-19-11(22)7-25-15-10(5-18)12-13(26-15)14(23)21-16(24)20-12/h1-4H,6-7H2,(H,19,22)(H2,20,21,23,24). The highest BCUT2D eigenvalue weighted by atomic mass is 35.5. The van der Waals surface area contributed by atoms with Gasteiger partial charge in [0.25, 0.3) is 5.56 Å². The second-order valence-corrected chi connectivity index (χ2v) is 7.88. The van der Waals surface area contributed by atoms with Gasteiger partial charge < -0.3 is 10.3 Å². The highest BCUT2D eigenvalue weighted by Crippen LogP contribution is 2.34. The zero-order chi connectivity index (χ0) is 18.7. The number of thioether (sulfide) groups is 1. The van der Waals surface area contributed by atoms with Crippen molar-refractivity contribution in [3.05, 3.63) is 61.3 Å². The first-order valence-electron chi connectivity index (χ1n) is 7.31. The Bertz CT molecular complexity index is 1130. The molecule has 0 spiro atoms. The van der Waals surface area contributed by atoms with Crippen molar-refractivity contribution in [3.63, 3.8) is 0 Å². The Hall–Kier alpha value is -2.54. The fourth-order valence-corrected chi connectivity index (χ4v) is 4.46. The molecule has 1 amide bonds. The van der Waals surface area contributed by atoms with E-state index in [0.717, 1.165) is 28.7 Å². The van der Waals surface area contributed by atoms with Gasteiger partial charge in [-0.15, -0.1) is 23.1 Å². The van der Waals surface area contributed by atoms with E-state index < -0.39 is 11.2 Å². The summed E-state index contributed by atoms with van der Waals surface area (Å²) < 4.78 is 0.765. The summed E-state index contributed by atoms with van der Waals surface area (Å²) in [7, 11) is 0. The van der Waals surface area contributed by atoms with Gasteiger partial charge in [0.15, 0.2) is 0 Å². The van der Waals surface area contributed by atoms with E-state index in [1.165, 1.54) is 0 Å². The van der Waals surface area contributed by atoms with Crippen molar-refractivity contribution >= 4 is 50.8 Å². The number of H-pyrrole nitrogens is 2. The van der Waals surface area contributed by atoms with Gasteiger partial charge in [0.1, 0.15) is 16.3 Å².